The number of rotatable bonds is 3. The van der Waals surface area contributed by atoms with Crippen LogP contribution in [-0.4, -0.2) is 15.4 Å². The molecule has 0 aromatic carbocycles. The summed E-state index contributed by atoms with van der Waals surface area (Å²) in [5, 5.41) is 4.43. The van der Waals surface area contributed by atoms with E-state index in [0.29, 0.717) is 16.9 Å². The number of nitrogens with one attached hydrogen (secondary N) is 1. The highest BCUT2D eigenvalue weighted by Crippen LogP contribution is 2.69. The van der Waals surface area contributed by atoms with Gasteiger partial charge in [-0.2, -0.15) is 4.37 Å². The minimum atomic E-state index is 0.274. The van der Waals surface area contributed by atoms with Crippen LogP contribution in [-0.2, 0) is 5.41 Å². The first-order valence-electron chi connectivity index (χ1n) is 8.41. The SMILES string of the molecule is CC(C)Nc1nc(C23CC4CC(C)(CC(C)(C4)C2)C3)ns1. The van der Waals surface area contributed by atoms with Gasteiger partial charge in [-0.3, -0.25) is 0 Å². The molecule has 1 aromatic rings. The highest BCUT2D eigenvalue weighted by Gasteiger charge is 2.61. The zero-order chi connectivity index (χ0) is 14.9. The minimum Gasteiger partial charge on any atom is -0.358 e. The normalized spacial score (nSPS) is 44.5. The maximum absolute atomic E-state index is 4.90. The summed E-state index contributed by atoms with van der Waals surface area (Å²) in [6, 6.07) is 0.428. The molecule has 4 bridgehead atoms. The molecule has 4 heteroatoms. The van der Waals surface area contributed by atoms with E-state index in [1.807, 2.05) is 0 Å². The summed E-state index contributed by atoms with van der Waals surface area (Å²) in [4.78, 5) is 4.90. The second-order valence-electron chi connectivity index (χ2n) is 9.13. The zero-order valence-corrected chi connectivity index (χ0v) is 14.5. The van der Waals surface area contributed by atoms with Gasteiger partial charge in [-0.25, -0.2) is 4.98 Å². The van der Waals surface area contributed by atoms with Crippen molar-refractivity contribution >= 4 is 16.7 Å². The first-order chi connectivity index (χ1) is 9.80. The monoisotopic (exact) mass is 305 g/mol. The van der Waals surface area contributed by atoms with Crippen LogP contribution in [0.2, 0.25) is 0 Å². The quantitative estimate of drug-likeness (QED) is 0.886. The lowest BCUT2D eigenvalue weighted by molar-refractivity contribution is -0.112. The van der Waals surface area contributed by atoms with E-state index in [0.717, 1.165) is 16.9 Å². The Hall–Kier alpha value is -0.640. The maximum atomic E-state index is 4.90. The molecule has 3 nitrogen and oxygen atoms in total. The third kappa shape index (κ3) is 2.21. The first-order valence-corrected chi connectivity index (χ1v) is 9.18. The maximum Gasteiger partial charge on any atom is 0.202 e. The van der Waals surface area contributed by atoms with E-state index in [1.165, 1.54) is 38.5 Å². The van der Waals surface area contributed by atoms with Crippen molar-refractivity contribution in [3.63, 3.8) is 0 Å². The molecule has 0 radical (unpaired) electrons. The van der Waals surface area contributed by atoms with Crippen molar-refractivity contribution in [2.24, 2.45) is 16.7 Å². The van der Waals surface area contributed by atoms with Crippen LogP contribution in [0.25, 0.3) is 0 Å². The Bertz CT molecular complexity index is 546. The zero-order valence-electron chi connectivity index (χ0n) is 13.7. The summed E-state index contributed by atoms with van der Waals surface area (Å²) < 4.78 is 4.79. The molecule has 2 atom stereocenters. The Labute approximate surface area is 132 Å². The molecule has 2 unspecified atom stereocenters. The van der Waals surface area contributed by atoms with Crippen molar-refractivity contribution < 1.29 is 0 Å². The molecule has 0 saturated heterocycles. The predicted octanol–water partition coefficient (Wildman–Crippen LogP) is 4.61. The number of anilines is 1. The van der Waals surface area contributed by atoms with Gasteiger partial charge in [-0.05, 0) is 69.1 Å². The van der Waals surface area contributed by atoms with Crippen LogP contribution in [0.4, 0.5) is 5.13 Å². The molecule has 21 heavy (non-hydrogen) atoms. The van der Waals surface area contributed by atoms with Crippen LogP contribution in [0.15, 0.2) is 0 Å². The number of nitrogens with zero attached hydrogens (tertiary/aromatic N) is 2. The van der Waals surface area contributed by atoms with E-state index in [4.69, 9.17) is 9.36 Å². The van der Waals surface area contributed by atoms with E-state index in [2.05, 4.69) is 33.0 Å². The standard InChI is InChI=1S/C17H27N3S/c1-11(2)18-14-19-13(20-21-14)17-7-12-5-15(3,9-17)8-16(4,6-12)10-17/h11-12H,5-10H2,1-4H3,(H,18,19,20). The summed E-state index contributed by atoms with van der Waals surface area (Å²) in [7, 11) is 0. The highest BCUT2D eigenvalue weighted by atomic mass is 32.1. The molecule has 4 fully saturated rings. The van der Waals surface area contributed by atoms with Gasteiger partial charge in [-0.15, -0.1) is 0 Å². The summed E-state index contributed by atoms with van der Waals surface area (Å²) in [5.74, 6) is 2.05. The van der Waals surface area contributed by atoms with E-state index in [1.54, 1.807) is 11.5 Å². The molecule has 116 valence electrons. The van der Waals surface area contributed by atoms with Gasteiger partial charge in [0.15, 0.2) is 5.82 Å². The average Bonchev–Trinajstić information content (AvgIpc) is 2.71. The lowest BCUT2D eigenvalue weighted by Crippen LogP contribution is -2.57. The van der Waals surface area contributed by atoms with E-state index in [9.17, 15) is 0 Å². The number of hydrogen-bond donors (Lipinski definition) is 1. The topological polar surface area (TPSA) is 37.8 Å². The second-order valence-corrected chi connectivity index (χ2v) is 9.88. The molecule has 0 aliphatic heterocycles. The van der Waals surface area contributed by atoms with Crippen molar-refractivity contribution in [2.45, 2.75) is 77.7 Å². The predicted molar refractivity (Wildman–Crippen MR) is 87.8 cm³/mol. The lowest BCUT2D eigenvalue weighted by atomic mass is 9.40. The van der Waals surface area contributed by atoms with Crippen molar-refractivity contribution in [3.05, 3.63) is 5.82 Å². The number of aromatic nitrogens is 2. The lowest BCUT2D eigenvalue weighted by Gasteiger charge is -2.64. The Morgan fingerprint density at radius 1 is 1.10 bits per heavy atom. The third-order valence-electron chi connectivity index (χ3n) is 5.94. The van der Waals surface area contributed by atoms with Crippen LogP contribution in [0.1, 0.15) is 72.0 Å². The summed E-state index contributed by atoms with van der Waals surface area (Å²) in [6.07, 6.45) is 8.24. The van der Waals surface area contributed by atoms with Crippen molar-refractivity contribution in [1.82, 2.24) is 9.36 Å². The fraction of sp³-hybridized carbons (Fsp3) is 0.882. The fourth-order valence-electron chi connectivity index (χ4n) is 6.44. The van der Waals surface area contributed by atoms with Crippen LogP contribution < -0.4 is 5.32 Å². The molecular formula is C17H27N3S. The van der Waals surface area contributed by atoms with Gasteiger partial charge < -0.3 is 5.32 Å². The van der Waals surface area contributed by atoms with Crippen LogP contribution in [0.3, 0.4) is 0 Å². The Morgan fingerprint density at radius 2 is 1.76 bits per heavy atom. The molecule has 1 heterocycles. The van der Waals surface area contributed by atoms with Gasteiger partial charge in [0.05, 0.1) is 0 Å². The highest BCUT2D eigenvalue weighted by molar-refractivity contribution is 7.09. The number of hydrogen-bond acceptors (Lipinski definition) is 4. The van der Waals surface area contributed by atoms with Gasteiger partial charge in [0.1, 0.15) is 0 Å². The van der Waals surface area contributed by atoms with E-state index >= 15 is 0 Å². The molecule has 0 spiro atoms. The molecule has 0 amide bonds. The van der Waals surface area contributed by atoms with E-state index < -0.39 is 0 Å². The molecule has 4 saturated carbocycles. The first kappa shape index (κ1) is 14.0. The van der Waals surface area contributed by atoms with Gasteiger partial charge in [0.25, 0.3) is 0 Å². The van der Waals surface area contributed by atoms with Gasteiger partial charge in [-0.1, -0.05) is 13.8 Å². The molecule has 1 aromatic heterocycles. The van der Waals surface area contributed by atoms with Crippen molar-refractivity contribution in [1.29, 1.82) is 0 Å². The van der Waals surface area contributed by atoms with Crippen LogP contribution in [0.5, 0.6) is 0 Å². The van der Waals surface area contributed by atoms with Crippen LogP contribution in [0, 0.1) is 16.7 Å². The Kier molecular flexibility index (Phi) is 2.81. The average molecular weight is 305 g/mol. The van der Waals surface area contributed by atoms with Gasteiger partial charge in [0.2, 0.25) is 5.13 Å². The van der Waals surface area contributed by atoms with Crippen LogP contribution >= 0.6 is 11.5 Å². The Balaban J connectivity index is 1.69. The molecule has 1 N–H and O–H groups in total. The van der Waals surface area contributed by atoms with Gasteiger partial charge >= 0.3 is 0 Å². The second kappa shape index (κ2) is 4.21. The summed E-state index contributed by atoms with van der Waals surface area (Å²) in [6.45, 7) is 9.36. The smallest absolute Gasteiger partial charge is 0.202 e. The fourth-order valence-corrected chi connectivity index (χ4v) is 7.26. The third-order valence-corrected chi connectivity index (χ3v) is 6.59. The molecule has 5 rings (SSSR count). The van der Waals surface area contributed by atoms with E-state index in [-0.39, 0.29) is 5.41 Å². The molecular weight excluding hydrogens is 278 g/mol. The molecule has 4 aliphatic carbocycles. The molecule has 4 aliphatic rings. The summed E-state index contributed by atoms with van der Waals surface area (Å²) in [5.41, 5.74) is 1.34. The van der Waals surface area contributed by atoms with Crippen molar-refractivity contribution in [2.75, 3.05) is 5.32 Å². The Morgan fingerprint density at radius 3 is 2.33 bits per heavy atom. The van der Waals surface area contributed by atoms with Crippen molar-refractivity contribution in [3.8, 4) is 0 Å². The van der Waals surface area contributed by atoms with Gasteiger partial charge in [0, 0.05) is 23.0 Å². The summed E-state index contributed by atoms with van der Waals surface area (Å²) >= 11 is 1.55. The minimum absolute atomic E-state index is 0.274. The largest absolute Gasteiger partial charge is 0.358 e.